The normalized spacial score (nSPS) is 12.3. The first-order valence-electron chi connectivity index (χ1n) is 5.57. The Bertz CT molecular complexity index is 604. The van der Waals surface area contributed by atoms with Crippen molar-refractivity contribution < 1.29 is 9.13 Å². The maximum atomic E-state index is 13.8. The van der Waals surface area contributed by atoms with Crippen LogP contribution in [0, 0.1) is 5.82 Å². The van der Waals surface area contributed by atoms with Crippen molar-refractivity contribution in [1.82, 2.24) is 0 Å². The van der Waals surface area contributed by atoms with E-state index in [2.05, 4.69) is 0 Å². The van der Waals surface area contributed by atoms with Crippen LogP contribution >= 0.6 is 23.2 Å². The minimum Gasteiger partial charge on any atom is -0.495 e. The monoisotopic (exact) mass is 299 g/mol. The smallest absolute Gasteiger partial charge is 0.137 e. The SMILES string of the molecule is COc1cc(C(N)c2ccc(Cl)cc2F)ccc1Cl. The lowest BCUT2D eigenvalue weighted by atomic mass is 9.99. The summed E-state index contributed by atoms with van der Waals surface area (Å²) in [4.78, 5) is 0. The van der Waals surface area contributed by atoms with Gasteiger partial charge in [0.25, 0.3) is 0 Å². The Morgan fingerprint density at radius 1 is 1.16 bits per heavy atom. The third-order valence-electron chi connectivity index (χ3n) is 2.83. The van der Waals surface area contributed by atoms with Gasteiger partial charge >= 0.3 is 0 Å². The number of rotatable bonds is 3. The number of hydrogen-bond acceptors (Lipinski definition) is 2. The van der Waals surface area contributed by atoms with Crippen molar-refractivity contribution in [3.63, 3.8) is 0 Å². The maximum Gasteiger partial charge on any atom is 0.137 e. The van der Waals surface area contributed by atoms with Crippen molar-refractivity contribution in [2.75, 3.05) is 7.11 Å². The van der Waals surface area contributed by atoms with E-state index < -0.39 is 11.9 Å². The lowest BCUT2D eigenvalue weighted by Crippen LogP contribution is -2.13. The molecule has 2 aromatic rings. The minimum atomic E-state index is -0.608. The van der Waals surface area contributed by atoms with Gasteiger partial charge in [0.2, 0.25) is 0 Å². The molecule has 2 nitrogen and oxygen atoms in total. The van der Waals surface area contributed by atoms with Gasteiger partial charge in [0.1, 0.15) is 11.6 Å². The summed E-state index contributed by atoms with van der Waals surface area (Å²) >= 11 is 11.7. The average molecular weight is 300 g/mol. The predicted octanol–water partition coefficient (Wildman–Crippen LogP) is 4.19. The van der Waals surface area contributed by atoms with Crippen molar-refractivity contribution in [1.29, 1.82) is 0 Å². The third kappa shape index (κ3) is 3.00. The largest absolute Gasteiger partial charge is 0.495 e. The van der Waals surface area contributed by atoms with Gasteiger partial charge < -0.3 is 10.5 Å². The summed E-state index contributed by atoms with van der Waals surface area (Å²) in [6, 6.07) is 8.91. The number of nitrogens with two attached hydrogens (primary N) is 1. The van der Waals surface area contributed by atoms with E-state index in [1.807, 2.05) is 0 Å². The molecule has 2 rings (SSSR count). The highest BCUT2D eigenvalue weighted by atomic mass is 35.5. The molecule has 5 heteroatoms. The van der Waals surface area contributed by atoms with Crippen LogP contribution in [0.4, 0.5) is 4.39 Å². The van der Waals surface area contributed by atoms with E-state index in [-0.39, 0.29) is 0 Å². The van der Waals surface area contributed by atoms with Crippen LogP contribution in [0.3, 0.4) is 0 Å². The van der Waals surface area contributed by atoms with E-state index in [9.17, 15) is 4.39 Å². The molecule has 1 unspecified atom stereocenters. The molecule has 0 radical (unpaired) electrons. The van der Waals surface area contributed by atoms with Gasteiger partial charge in [0.15, 0.2) is 0 Å². The molecule has 0 bridgehead atoms. The summed E-state index contributed by atoms with van der Waals surface area (Å²) < 4.78 is 18.9. The standard InChI is InChI=1S/C14H12Cl2FNO/c1-19-13-6-8(2-5-11(13)16)14(18)10-4-3-9(15)7-12(10)17/h2-7,14H,18H2,1H3. The fraction of sp³-hybridized carbons (Fsp3) is 0.143. The van der Waals surface area contributed by atoms with Crippen LogP contribution < -0.4 is 10.5 Å². The van der Waals surface area contributed by atoms with Crippen molar-refractivity contribution in [3.8, 4) is 5.75 Å². The highest BCUT2D eigenvalue weighted by molar-refractivity contribution is 6.32. The van der Waals surface area contributed by atoms with E-state index in [4.69, 9.17) is 33.7 Å². The van der Waals surface area contributed by atoms with E-state index in [1.54, 1.807) is 30.3 Å². The molecule has 0 aliphatic rings. The molecule has 0 aromatic heterocycles. The molecule has 2 N–H and O–H groups in total. The van der Waals surface area contributed by atoms with Gasteiger partial charge in [-0.2, -0.15) is 0 Å². The van der Waals surface area contributed by atoms with Crippen molar-refractivity contribution in [3.05, 3.63) is 63.4 Å². The summed E-state index contributed by atoms with van der Waals surface area (Å²) in [5.74, 6) is 0.0675. The highest BCUT2D eigenvalue weighted by Gasteiger charge is 2.15. The molecule has 100 valence electrons. The second kappa shape index (κ2) is 5.78. The number of hydrogen-bond donors (Lipinski definition) is 1. The second-order valence-electron chi connectivity index (χ2n) is 4.04. The number of halogens is 3. The molecule has 0 fully saturated rings. The lowest BCUT2D eigenvalue weighted by molar-refractivity contribution is 0.414. The number of ether oxygens (including phenoxy) is 1. The average Bonchev–Trinajstić information content (AvgIpc) is 2.38. The Kier molecular flexibility index (Phi) is 4.30. The molecule has 0 amide bonds. The van der Waals surface area contributed by atoms with Crippen molar-refractivity contribution >= 4 is 23.2 Å². The molecular formula is C14H12Cl2FNO. The van der Waals surface area contributed by atoms with E-state index in [1.165, 1.54) is 13.2 Å². The fourth-order valence-electron chi connectivity index (χ4n) is 1.80. The second-order valence-corrected chi connectivity index (χ2v) is 4.88. The van der Waals surface area contributed by atoms with Crippen LogP contribution in [0.1, 0.15) is 17.2 Å². The fourth-order valence-corrected chi connectivity index (χ4v) is 2.16. The van der Waals surface area contributed by atoms with Crippen molar-refractivity contribution in [2.24, 2.45) is 5.73 Å². The summed E-state index contributed by atoms with van der Waals surface area (Å²) in [7, 11) is 1.51. The van der Waals surface area contributed by atoms with E-state index >= 15 is 0 Å². The lowest BCUT2D eigenvalue weighted by Gasteiger charge is -2.15. The van der Waals surface area contributed by atoms with E-state index in [0.717, 1.165) is 0 Å². The molecule has 0 heterocycles. The zero-order valence-corrected chi connectivity index (χ0v) is 11.7. The first-order chi connectivity index (χ1) is 9.02. The van der Waals surface area contributed by atoms with Crippen molar-refractivity contribution in [2.45, 2.75) is 6.04 Å². The summed E-state index contributed by atoms with van der Waals surface area (Å²) in [5.41, 5.74) is 7.14. The number of methoxy groups -OCH3 is 1. The Balaban J connectivity index is 2.40. The summed E-state index contributed by atoms with van der Waals surface area (Å²) in [6.45, 7) is 0. The minimum absolute atomic E-state index is 0.335. The topological polar surface area (TPSA) is 35.2 Å². The zero-order chi connectivity index (χ0) is 14.0. The van der Waals surface area contributed by atoms with Crippen LogP contribution in [-0.2, 0) is 0 Å². The molecule has 0 saturated carbocycles. The Labute approximate surface area is 120 Å². The van der Waals surface area contributed by atoms with E-state index in [0.29, 0.717) is 26.9 Å². The van der Waals surface area contributed by atoms with Gasteiger partial charge in [-0.3, -0.25) is 0 Å². The predicted molar refractivity (Wildman–Crippen MR) is 75.4 cm³/mol. The molecule has 0 saturated heterocycles. The van der Waals surface area contributed by atoms with Gasteiger partial charge in [-0.1, -0.05) is 35.3 Å². The Morgan fingerprint density at radius 2 is 1.89 bits per heavy atom. The van der Waals surface area contributed by atoms with Gasteiger partial charge in [-0.15, -0.1) is 0 Å². The highest BCUT2D eigenvalue weighted by Crippen LogP contribution is 2.30. The van der Waals surface area contributed by atoms with Crippen LogP contribution in [-0.4, -0.2) is 7.11 Å². The maximum absolute atomic E-state index is 13.8. The van der Waals surface area contributed by atoms with Gasteiger partial charge in [0, 0.05) is 10.6 Å². The Hall–Kier alpha value is -1.29. The number of benzene rings is 2. The molecular weight excluding hydrogens is 288 g/mol. The van der Waals surface area contributed by atoms with Crippen LogP contribution in [0.2, 0.25) is 10.0 Å². The molecule has 19 heavy (non-hydrogen) atoms. The van der Waals surface area contributed by atoms with Crippen LogP contribution in [0.25, 0.3) is 0 Å². The Morgan fingerprint density at radius 3 is 2.53 bits per heavy atom. The molecule has 0 aliphatic carbocycles. The van der Waals surface area contributed by atoms with Crippen LogP contribution in [0.5, 0.6) is 5.75 Å². The quantitative estimate of drug-likeness (QED) is 0.922. The zero-order valence-electron chi connectivity index (χ0n) is 10.2. The van der Waals surface area contributed by atoms with Crippen LogP contribution in [0.15, 0.2) is 36.4 Å². The molecule has 1 atom stereocenters. The molecule has 0 spiro atoms. The molecule has 0 aliphatic heterocycles. The summed E-state index contributed by atoms with van der Waals surface area (Å²) in [6.07, 6.45) is 0. The van der Waals surface area contributed by atoms with Gasteiger partial charge in [0.05, 0.1) is 18.2 Å². The first kappa shape index (κ1) is 14.1. The van der Waals surface area contributed by atoms with Gasteiger partial charge in [-0.25, -0.2) is 4.39 Å². The van der Waals surface area contributed by atoms with Gasteiger partial charge in [-0.05, 0) is 29.8 Å². The summed E-state index contributed by atoms with van der Waals surface area (Å²) in [5, 5.41) is 0.817. The molecule has 2 aromatic carbocycles. The first-order valence-corrected chi connectivity index (χ1v) is 6.32. The third-order valence-corrected chi connectivity index (χ3v) is 3.38.